The Kier molecular flexibility index (Phi) is 3.56. The Labute approximate surface area is 108 Å². The standard InChI is InChI=1S/C16H20N2/c1-2-7-16-14(6-1)8-9-15(18-16)12-17-11-10-13-4-3-5-13/h1-2,6-9,13,17H,3-5,10-12H2. The quantitative estimate of drug-likeness (QED) is 0.809. The van der Waals surface area contributed by atoms with E-state index in [1.807, 2.05) is 6.07 Å². The van der Waals surface area contributed by atoms with Gasteiger partial charge in [-0.1, -0.05) is 43.5 Å². The minimum atomic E-state index is 0.886. The molecule has 0 spiro atoms. The minimum Gasteiger partial charge on any atom is -0.311 e. The van der Waals surface area contributed by atoms with E-state index < -0.39 is 0 Å². The van der Waals surface area contributed by atoms with E-state index in [4.69, 9.17) is 0 Å². The van der Waals surface area contributed by atoms with Crippen LogP contribution < -0.4 is 5.32 Å². The molecule has 3 rings (SSSR count). The smallest absolute Gasteiger partial charge is 0.0705 e. The lowest BCUT2D eigenvalue weighted by molar-refractivity contribution is 0.292. The molecule has 0 bridgehead atoms. The molecule has 1 aliphatic rings. The van der Waals surface area contributed by atoms with Crippen LogP contribution in [0.4, 0.5) is 0 Å². The van der Waals surface area contributed by atoms with Crippen molar-refractivity contribution in [2.75, 3.05) is 6.54 Å². The summed E-state index contributed by atoms with van der Waals surface area (Å²) in [5.41, 5.74) is 2.23. The fraction of sp³-hybridized carbons (Fsp3) is 0.438. The van der Waals surface area contributed by atoms with Gasteiger partial charge in [-0.2, -0.15) is 0 Å². The van der Waals surface area contributed by atoms with Crippen LogP contribution in [0.5, 0.6) is 0 Å². The van der Waals surface area contributed by atoms with Gasteiger partial charge in [0.2, 0.25) is 0 Å². The van der Waals surface area contributed by atoms with Crippen molar-refractivity contribution in [3.8, 4) is 0 Å². The molecule has 0 radical (unpaired) electrons. The summed E-state index contributed by atoms with van der Waals surface area (Å²) < 4.78 is 0. The Bertz CT molecular complexity index is 517. The first-order valence-electron chi connectivity index (χ1n) is 6.97. The molecule has 0 aliphatic heterocycles. The first-order valence-corrected chi connectivity index (χ1v) is 6.97. The molecule has 94 valence electrons. The summed E-state index contributed by atoms with van der Waals surface area (Å²) in [4.78, 5) is 4.66. The maximum Gasteiger partial charge on any atom is 0.0705 e. The van der Waals surface area contributed by atoms with Crippen LogP contribution in [0.1, 0.15) is 31.4 Å². The Morgan fingerprint density at radius 3 is 2.83 bits per heavy atom. The Hall–Kier alpha value is -1.41. The number of nitrogens with one attached hydrogen (secondary N) is 1. The fourth-order valence-electron chi connectivity index (χ4n) is 2.51. The summed E-state index contributed by atoms with van der Waals surface area (Å²) in [6.45, 7) is 2.01. The molecule has 1 aromatic heterocycles. The average molecular weight is 240 g/mol. The second-order valence-corrected chi connectivity index (χ2v) is 5.26. The third-order valence-corrected chi connectivity index (χ3v) is 3.92. The van der Waals surface area contributed by atoms with E-state index in [0.717, 1.165) is 30.2 Å². The summed E-state index contributed by atoms with van der Waals surface area (Å²) >= 11 is 0. The molecular formula is C16H20N2. The normalized spacial score (nSPS) is 15.8. The van der Waals surface area contributed by atoms with Gasteiger partial charge < -0.3 is 5.32 Å². The van der Waals surface area contributed by atoms with E-state index in [0.29, 0.717) is 0 Å². The van der Waals surface area contributed by atoms with Gasteiger partial charge in [-0.25, -0.2) is 0 Å². The largest absolute Gasteiger partial charge is 0.311 e. The van der Waals surface area contributed by atoms with Crippen molar-refractivity contribution in [1.29, 1.82) is 0 Å². The van der Waals surface area contributed by atoms with Crippen LogP contribution in [0, 0.1) is 5.92 Å². The van der Waals surface area contributed by atoms with E-state index in [2.05, 4.69) is 40.6 Å². The number of hydrogen-bond donors (Lipinski definition) is 1. The molecule has 0 atom stereocenters. The molecule has 0 amide bonds. The molecule has 1 aliphatic carbocycles. The summed E-state index contributed by atoms with van der Waals surface area (Å²) in [6.07, 6.45) is 5.65. The van der Waals surface area contributed by atoms with E-state index in [1.54, 1.807) is 0 Å². The molecule has 1 heterocycles. The SMILES string of the molecule is c1ccc2nc(CNCCC3CCC3)ccc2c1. The van der Waals surface area contributed by atoms with Crippen LogP contribution in [-0.2, 0) is 6.54 Å². The number of fused-ring (bicyclic) bond motifs is 1. The Morgan fingerprint density at radius 2 is 2.00 bits per heavy atom. The fourth-order valence-corrected chi connectivity index (χ4v) is 2.51. The number of hydrogen-bond acceptors (Lipinski definition) is 2. The predicted molar refractivity (Wildman–Crippen MR) is 75.4 cm³/mol. The van der Waals surface area contributed by atoms with E-state index in [9.17, 15) is 0 Å². The van der Waals surface area contributed by atoms with Crippen molar-refractivity contribution in [3.63, 3.8) is 0 Å². The molecule has 1 aromatic carbocycles. The van der Waals surface area contributed by atoms with Crippen molar-refractivity contribution in [3.05, 3.63) is 42.1 Å². The molecule has 2 aromatic rings. The lowest BCUT2D eigenvalue weighted by Crippen LogP contribution is -2.21. The first kappa shape index (κ1) is 11.7. The van der Waals surface area contributed by atoms with Crippen LogP contribution >= 0.6 is 0 Å². The third kappa shape index (κ3) is 2.70. The van der Waals surface area contributed by atoms with Crippen molar-refractivity contribution in [2.45, 2.75) is 32.2 Å². The topological polar surface area (TPSA) is 24.9 Å². The summed E-state index contributed by atoms with van der Waals surface area (Å²) in [6, 6.07) is 12.6. The van der Waals surface area contributed by atoms with E-state index in [-0.39, 0.29) is 0 Å². The van der Waals surface area contributed by atoms with Crippen LogP contribution in [-0.4, -0.2) is 11.5 Å². The number of aromatic nitrogens is 1. The van der Waals surface area contributed by atoms with Gasteiger partial charge in [-0.05, 0) is 31.0 Å². The molecule has 18 heavy (non-hydrogen) atoms. The lowest BCUT2D eigenvalue weighted by Gasteiger charge is -2.25. The number of nitrogens with zero attached hydrogens (tertiary/aromatic N) is 1. The van der Waals surface area contributed by atoms with Gasteiger partial charge in [-0.15, -0.1) is 0 Å². The van der Waals surface area contributed by atoms with Gasteiger partial charge in [0.25, 0.3) is 0 Å². The zero-order valence-electron chi connectivity index (χ0n) is 10.7. The van der Waals surface area contributed by atoms with Gasteiger partial charge in [0, 0.05) is 11.9 Å². The number of rotatable bonds is 5. The maximum atomic E-state index is 4.66. The molecule has 1 N–H and O–H groups in total. The molecular weight excluding hydrogens is 220 g/mol. The maximum absolute atomic E-state index is 4.66. The Morgan fingerprint density at radius 1 is 1.11 bits per heavy atom. The number of benzene rings is 1. The van der Waals surface area contributed by atoms with Gasteiger partial charge >= 0.3 is 0 Å². The van der Waals surface area contributed by atoms with Crippen molar-refractivity contribution in [2.24, 2.45) is 5.92 Å². The molecule has 2 heteroatoms. The van der Waals surface area contributed by atoms with E-state index >= 15 is 0 Å². The minimum absolute atomic E-state index is 0.886. The molecule has 0 unspecified atom stereocenters. The van der Waals surface area contributed by atoms with Crippen LogP contribution in [0.3, 0.4) is 0 Å². The predicted octanol–water partition coefficient (Wildman–Crippen LogP) is 3.51. The van der Waals surface area contributed by atoms with Crippen LogP contribution in [0.15, 0.2) is 36.4 Å². The second-order valence-electron chi connectivity index (χ2n) is 5.26. The highest BCUT2D eigenvalue weighted by Crippen LogP contribution is 2.28. The third-order valence-electron chi connectivity index (χ3n) is 3.92. The van der Waals surface area contributed by atoms with Gasteiger partial charge in [0.05, 0.1) is 11.2 Å². The van der Waals surface area contributed by atoms with Crippen molar-refractivity contribution >= 4 is 10.9 Å². The summed E-state index contributed by atoms with van der Waals surface area (Å²) in [7, 11) is 0. The first-order chi connectivity index (χ1) is 8.92. The molecule has 1 saturated carbocycles. The molecule has 0 saturated heterocycles. The zero-order valence-corrected chi connectivity index (χ0v) is 10.7. The summed E-state index contributed by atoms with van der Waals surface area (Å²) in [5.74, 6) is 0.988. The van der Waals surface area contributed by atoms with Crippen molar-refractivity contribution in [1.82, 2.24) is 10.3 Å². The molecule has 2 nitrogen and oxygen atoms in total. The zero-order chi connectivity index (χ0) is 12.2. The van der Waals surface area contributed by atoms with Gasteiger partial charge in [-0.3, -0.25) is 4.98 Å². The van der Waals surface area contributed by atoms with Crippen LogP contribution in [0.2, 0.25) is 0 Å². The van der Waals surface area contributed by atoms with Crippen LogP contribution in [0.25, 0.3) is 10.9 Å². The Balaban J connectivity index is 1.53. The van der Waals surface area contributed by atoms with Crippen molar-refractivity contribution < 1.29 is 0 Å². The van der Waals surface area contributed by atoms with Gasteiger partial charge in [0.15, 0.2) is 0 Å². The molecule has 1 fully saturated rings. The highest BCUT2D eigenvalue weighted by Gasteiger charge is 2.16. The monoisotopic (exact) mass is 240 g/mol. The highest BCUT2D eigenvalue weighted by molar-refractivity contribution is 5.78. The van der Waals surface area contributed by atoms with E-state index in [1.165, 1.54) is 31.1 Å². The second kappa shape index (κ2) is 5.49. The lowest BCUT2D eigenvalue weighted by atomic mass is 9.83. The summed E-state index contributed by atoms with van der Waals surface area (Å²) in [5, 5.41) is 4.72. The highest BCUT2D eigenvalue weighted by atomic mass is 14.9. The van der Waals surface area contributed by atoms with Gasteiger partial charge in [0.1, 0.15) is 0 Å². The number of pyridine rings is 1. The number of para-hydroxylation sites is 1. The average Bonchev–Trinajstić information content (AvgIpc) is 2.36.